The van der Waals surface area contributed by atoms with Crippen molar-refractivity contribution in [3.8, 4) is 11.4 Å². The molecule has 0 spiro atoms. The molecule has 0 bridgehead atoms. The van der Waals surface area contributed by atoms with Crippen LogP contribution in [0.2, 0.25) is 5.02 Å². The topological polar surface area (TPSA) is 136 Å². The predicted molar refractivity (Wildman–Crippen MR) is 137 cm³/mol. The summed E-state index contributed by atoms with van der Waals surface area (Å²) in [7, 11) is -2.57. The van der Waals surface area contributed by atoms with Gasteiger partial charge in [-0.1, -0.05) is 11.6 Å². The number of aromatic amines is 1. The molecule has 196 valence electrons. The van der Waals surface area contributed by atoms with Crippen molar-refractivity contribution >= 4 is 44.2 Å². The number of aryl methyl sites for hydroxylation is 1. The van der Waals surface area contributed by atoms with Crippen LogP contribution in [-0.4, -0.2) is 71.9 Å². The summed E-state index contributed by atoms with van der Waals surface area (Å²) in [6.45, 7) is 3.54. The van der Waals surface area contributed by atoms with Crippen LogP contribution < -0.4 is 10.0 Å². The molecule has 4 aromatic rings. The van der Waals surface area contributed by atoms with Crippen molar-refractivity contribution in [2.45, 2.75) is 11.8 Å². The van der Waals surface area contributed by atoms with Crippen LogP contribution in [0.15, 0.2) is 41.3 Å². The number of aromatic nitrogens is 4. The van der Waals surface area contributed by atoms with Crippen LogP contribution in [0.1, 0.15) is 5.69 Å². The Morgan fingerprint density at radius 1 is 1.11 bits per heavy atom. The molecule has 0 radical (unpaired) electrons. The van der Waals surface area contributed by atoms with Crippen LogP contribution in [-0.2, 0) is 10.0 Å². The minimum atomic E-state index is -4.45. The number of aliphatic hydroxyl groups is 1. The van der Waals surface area contributed by atoms with E-state index in [0.717, 1.165) is 23.9 Å². The second kappa shape index (κ2) is 10.9. The molecule has 0 atom stereocenters. The second-order valence-corrected chi connectivity index (χ2v) is 10.4. The van der Waals surface area contributed by atoms with E-state index in [1.165, 1.54) is 18.2 Å². The van der Waals surface area contributed by atoms with Crippen LogP contribution in [0.4, 0.5) is 20.3 Å². The van der Waals surface area contributed by atoms with E-state index >= 15 is 0 Å². The van der Waals surface area contributed by atoms with Gasteiger partial charge in [-0.3, -0.25) is 9.82 Å². The summed E-state index contributed by atoms with van der Waals surface area (Å²) >= 11 is 5.79. The smallest absolute Gasteiger partial charge is 0.264 e. The fraction of sp³-hybridized carbons (Fsp3) is 0.261. The Morgan fingerprint density at radius 3 is 2.62 bits per heavy atom. The van der Waals surface area contributed by atoms with Gasteiger partial charge in [-0.2, -0.15) is 5.10 Å². The van der Waals surface area contributed by atoms with Gasteiger partial charge in [-0.15, -0.1) is 0 Å². The Hall–Kier alpha value is -3.39. The number of hydrogen-bond acceptors (Lipinski definition) is 8. The molecule has 0 fully saturated rings. The Balaban J connectivity index is 1.62. The van der Waals surface area contributed by atoms with Crippen molar-refractivity contribution in [3.05, 3.63) is 58.7 Å². The first-order valence-electron chi connectivity index (χ1n) is 11.1. The highest BCUT2D eigenvalue weighted by Crippen LogP contribution is 2.29. The van der Waals surface area contributed by atoms with Crippen molar-refractivity contribution in [3.63, 3.8) is 0 Å². The molecule has 14 heteroatoms. The Morgan fingerprint density at radius 2 is 1.89 bits per heavy atom. The lowest BCUT2D eigenvalue weighted by atomic mass is 10.1. The van der Waals surface area contributed by atoms with Gasteiger partial charge in [0.2, 0.25) is 0 Å². The minimum Gasteiger partial charge on any atom is -0.395 e. The molecule has 2 aromatic carbocycles. The maximum absolute atomic E-state index is 15.0. The summed E-state index contributed by atoms with van der Waals surface area (Å²) in [5.41, 5.74) is 1.01. The highest BCUT2D eigenvalue weighted by molar-refractivity contribution is 7.92. The summed E-state index contributed by atoms with van der Waals surface area (Å²) in [4.78, 5) is 10.2. The third kappa shape index (κ3) is 5.96. The number of aliphatic hydroxyl groups excluding tert-OH is 1. The van der Waals surface area contributed by atoms with Gasteiger partial charge in [0.25, 0.3) is 10.0 Å². The largest absolute Gasteiger partial charge is 0.395 e. The van der Waals surface area contributed by atoms with Crippen LogP contribution >= 0.6 is 11.6 Å². The second-order valence-electron chi connectivity index (χ2n) is 8.27. The van der Waals surface area contributed by atoms with Gasteiger partial charge in [0, 0.05) is 35.9 Å². The molecule has 4 N–H and O–H groups in total. The average Bonchev–Trinajstić information content (AvgIpc) is 3.22. The van der Waals surface area contributed by atoms with E-state index < -0.39 is 26.6 Å². The lowest BCUT2D eigenvalue weighted by molar-refractivity contribution is 0.225. The van der Waals surface area contributed by atoms with E-state index in [-0.39, 0.29) is 28.7 Å². The number of benzene rings is 2. The van der Waals surface area contributed by atoms with E-state index in [0.29, 0.717) is 36.5 Å². The Bertz CT molecular complexity index is 1550. The van der Waals surface area contributed by atoms with Crippen molar-refractivity contribution < 1.29 is 22.3 Å². The number of fused-ring (bicyclic) bond motifs is 1. The third-order valence-corrected chi connectivity index (χ3v) is 7.13. The molecule has 0 aliphatic carbocycles. The molecule has 2 aromatic heterocycles. The summed E-state index contributed by atoms with van der Waals surface area (Å²) in [5.74, 6) is -1.28. The first kappa shape index (κ1) is 26.7. The number of H-pyrrole nitrogens is 1. The summed E-state index contributed by atoms with van der Waals surface area (Å²) in [6, 6.07) is 6.78. The van der Waals surface area contributed by atoms with Crippen molar-refractivity contribution in [1.82, 2.24) is 25.1 Å². The van der Waals surface area contributed by atoms with Gasteiger partial charge in [0.15, 0.2) is 11.5 Å². The van der Waals surface area contributed by atoms with Crippen LogP contribution in [0, 0.1) is 18.6 Å². The first-order valence-corrected chi connectivity index (χ1v) is 13.0. The molecular formula is C23H24ClF2N7O3S. The molecule has 0 aliphatic heterocycles. The zero-order valence-electron chi connectivity index (χ0n) is 19.9. The third-order valence-electron chi connectivity index (χ3n) is 5.52. The molecule has 2 heterocycles. The molecular weight excluding hydrogens is 528 g/mol. The summed E-state index contributed by atoms with van der Waals surface area (Å²) in [6.07, 6.45) is 0. The molecule has 10 nitrogen and oxygen atoms in total. The predicted octanol–water partition coefficient (Wildman–Crippen LogP) is 3.40. The van der Waals surface area contributed by atoms with Crippen LogP contribution in [0.25, 0.3) is 22.4 Å². The molecule has 0 saturated heterocycles. The number of hydrogen-bond donors (Lipinski definition) is 4. The normalized spacial score (nSPS) is 11.9. The van der Waals surface area contributed by atoms with Crippen molar-refractivity contribution in [2.24, 2.45) is 0 Å². The van der Waals surface area contributed by atoms with E-state index in [9.17, 15) is 17.2 Å². The summed E-state index contributed by atoms with van der Waals surface area (Å²) in [5, 5.41) is 20.0. The first-order chi connectivity index (χ1) is 17.6. The quantitative estimate of drug-likeness (QED) is 0.235. The minimum absolute atomic E-state index is 0.0168. The fourth-order valence-corrected chi connectivity index (χ4v) is 5.00. The van der Waals surface area contributed by atoms with Crippen molar-refractivity contribution in [2.75, 3.05) is 43.3 Å². The molecule has 0 amide bonds. The molecule has 0 aliphatic rings. The Labute approximate surface area is 216 Å². The lowest BCUT2D eigenvalue weighted by Crippen LogP contribution is -2.28. The van der Waals surface area contributed by atoms with E-state index in [1.54, 1.807) is 0 Å². The van der Waals surface area contributed by atoms with E-state index in [2.05, 4.69) is 25.5 Å². The zero-order valence-corrected chi connectivity index (χ0v) is 21.5. The van der Waals surface area contributed by atoms with Crippen molar-refractivity contribution in [1.29, 1.82) is 0 Å². The number of rotatable bonds is 10. The highest BCUT2D eigenvalue weighted by Gasteiger charge is 2.22. The van der Waals surface area contributed by atoms with Gasteiger partial charge in [-0.05, 0) is 50.4 Å². The average molecular weight is 552 g/mol. The Kier molecular flexibility index (Phi) is 7.87. The monoisotopic (exact) mass is 551 g/mol. The number of halogens is 3. The van der Waals surface area contributed by atoms with Crippen LogP contribution in [0.5, 0.6) is 0 Å². The van der Waals surface area contributed by atoms with Gasteiger partial charge >= 0.3 is 0 Å². The highest BCUT2D eigenvalue weighted by atomic mass is 35.5. The van der Waals surface area contributed by atoms with Gasteiger partial charge in [0.05, 0.1) is 17.7 Å². The van der Waals surface area contributed by atoms with Gasteiger partial charge < -0.3 is 15.3 Å². The number of anilines is 2. The number of sulfonamides is 1. The molecule has 4 rings (SSSR count). The summed E-state index contributed by atoms with van der Waals surface area (Å²) < 4.78 is 56.4. The zero-order chi connectivity index (χ0) is 26.7. The molecule has 37 heavy (non-hydrogen) atoms. The number of likely N-dealkylation sites (N-methyl/N-ethyl adjacent to an activating group) is 1. The maximum Gasteiger partial charge on any atom is 0.264 e. The van der Waals surface area contributed by atoms with Gasteiger partial charge in [-0.25, -0.2) is 27.2 Å². The standard InChI is InChI=1S/C23H24ClF2N7O3S/c1-13-20-22(27-7-8-33(2)9-10-34)28-21(29-23(20)31-30-13)14-3-6-18(17(26)11-14)32-37(35,36)19-12-15(24)4-5-16(19)25/h3-6,11-12,32,34H,7-10H2,1-2H3,(H2,27,28,29,30,31). The fourth-order valence-electron chi connectivity index (χ4n) is 3.59. The molecule has 0 unspecified atom stereocenters. The SMILES string of the molecule is Cc1[nH]nc2nc(-c3ccc(NS(=O)(=O)c4cc(Cl)ccc4F)c(F)c3)nc(NCCN(C)CCO)c12. The molecule has 0 saturated carbocycles. The number of nitrogens with one attached hydrogen (secondary N) is 3. The number of nitrogens with zero attached hydrogens (tertiary/aromatic N) is 4. The van der Waals surface area contributed by atoms with Gasteiger partial charge in [0.1, 0.15) is 22.3 Å². The lowest BCUT2D eigenvalue weighted by Gasteiger charge is -2.16. The van der Waals surface area contributed by atoms with E-state index in [1.807, 2.05) is 23.6 Å². The van der Waals surface area contributed by atoms with E-state index in [4.69, 9.17) is 16.7 Å². The maximum atomic E-state index is 15.0. The van der Waals surface area contributed by atoms with Crippen LogP contribution in [0.3, 0.4) is 0 Å².